The summed E-state index contributed by atoms with van der Waals surface area (Å²) in [6.07, 6.45) is 1.53. The first kappa shape index (κ1) is 30.3. The molecular weight excluding hydrogens is 704 g/mol. The number of amides is 1. The van der Waals surface area contributed by atoms with E-state index in [2.05, 4.69) is 42.3 Å². The lowest BCUT2D eigenvalue weighted by atomic mass is 10.2. The molecule has 0 atom stereocenters. The van der Waals surface area contributed by atoms with Crippen LogP contribution in [0.3, 0.4) is 0 Å². The zero-order valence-electron chi connectivity index (χ0n) is 24.2. The third-order valence-corrected chi connectivity index (χ3v) is 7.87. The largest absolute Gasteiger partial charge is 0.490 e. The molecule has 0 bridgehead atoms. The van der Waals surface area contributed by atoms with Crippen molar-refractivity contribution in [1.82, 2.24) is 9.66 Å². The normalized spacial score (nSPS) is 11.4. The first-order valence-electron chi connectivity index (χ1n) is 14.0. The Bertz CT molecular complexity index is 2140. The Balaban J connectivity index is 1.33. The van der Waals surface area contributed by atoms with Gasteiger partial charge in [-0.3, -0.25) is 9.59 Å². The van der Waals surface area contributed by atoms with Crippen LogP contribution in [-0.2, 0) is 4.79 Å². The van der Waals surface area contributed by atoms with E-state index < -0.39 is 0 Å². The number of halogens is 2. The number of ether oxygens (including phenoxy) is 2. The van der Waals surface area contributed by atoms with Gasteiger partial charge in [0, 0.05) is 15.5 Å². The Morgan fingerprint density at radius 2 is 1.82 bits per heavy atom. The molecule has 6 aromatic rings. The van der Waals surface area contributed by atoms with Crippen LogP contribution < -0.4 is 20.3 Å². The van der Waals surface area contributed by atoms with Gasteiger partial charge in [-0.1, -0.05) is 45.8 Å². The van der Waals surface area contributed by atoms with E-state index in [1.54, 1.807) is 30.3 Å². The zero-order chi connectivity index (χ0) is 31.5. The van der Waals surface area contributed by atoms with E-state index in [1.807, 2.05) is 68.4 Å². The van der Waals surface area contributed by atoms with Crippen LogP contribution in [0.5, 0.6) is 11.5 Å². The molecule has 2 heterocycles. The van der Waals surface area contributed by atoms with Crippen molar-refractivity contribution in [1.29, 1.82) is 0 Å². The topological polar surface area (TPSA) is 108 Å². The molecule has 2 aromatic heterocycles. The number of anilines is 1. The lowest BCUT2D eigenvalue weighted by Gasteiger charge is -2.15. The summed E-state index contributed by atoms with van der Waals surface area (Å²) in [6.45, 7) is 3.96. The number of carbonyl (C=O) groups excluding carboxylic acids is 1. The molecule has 0 unspecified atom stereocenters. The van der Waals surface area contributed by atoms with Crippen molar-refractivity contribution in [2.45, 2.75) is 13.8 Å². The molecule has 6 rings (SSSR count). The SMILES string of the molecule is CCOc1cc(C=Nn2c(-c3cc4cc(Br)ccc4o3)nc3ccccc3c2=O)cc(Br)c1OCC(=O)Nc1ccc(C)cc1. The number of para-hydroxylation sites is 1. The van der Waals surface area contributed by atoms with Gasteiger partial charge in [0.15, 0.2) is 23.9 Å². The molecule has 4 aromatic carbocycles. The molecule has 226 valence electrons. The highest BCUT2D eigenvalue weighted by molar-refractivity contribution is 9.10. The van der Waals surface area contributed by atoms with Crippen LogP contribution >= 0.6 is 31.9 Å². The van der Waals surface area contributed by atoms with Gasteiger partial charge < -0.3 is 19.2 Å². The first-order valence-corrected chi connectivity index (χ1v) is 15.6. The van der Waals surface area contributed by atoms with Gasteiger partial charge in [-0.15, -0.1) is 0 Å². The summed E-state index contributed by atoms with van der Waals surface area (Å²) in [5, 5.41) is 8.64. The van der Waals surface area contributed by atoms with Crippen LogP contribution in [0.1, 0.15) is 18.1 Å². The number of rotatable bonds is 9. The van der Waals surface area contributed by atoms with E-state index in [0.717, 1.165) is 15.4 Å². The fraction of sp³-hybridized carbons (Fsp3) is 0.118. The summed E-state index contributed by atoms with van der Waals surface area (Å²) < 4.78 is 20.5. The van der Waals surface area contributed by atoms with Crippen molar-refractivity contribution in [2.75, 3.05) is 18.5 Å². The second-order valence-corrected chi connectivity index (χ2v) is 11.8. The molecule has 0 aliphatic rings. The van der Waals surface area contributed by atoms with Gasteiger partial charge in [0.05, 0.1) is 28.2 Å². The van der Waals surface area contributed by atoms with Gasteiger partial charge >= 0.3 is 0 Å². The molecule has 0 saturated heterocycles. The average Bonchev–Trinajstić information content (AvgIpc) is 3.44. The summed E-state index contributed by atoms with van der Waals surface area (Å²) in [5.74, 6) is 1.11. The fourth-order valence-corrected chi connectivity index (χ4v) is 5.63. The van der Waals surface area contributed by atoms with E-state index in [0.29, 0.717) is 56.1 Å². The van der Waals surface area contributed by atoms with Gasteiger partial charge in [-0.05, 0) is 96.0 Å². The highest BCUT2D eigenvalue weighted by Gasteiger charge is 2.18. The molecule has 0 saturated carbocycles. The smallest absolute Gasteiger partial charge is 0.282 e. The molecular formula is C34H26Br2N4O5. The van der Waals surface area contributed by atoms with Crippen LogP contribution in [0, 0.1) is 6.92 Å². The van der Waals surface area contributed by atoms with E-state index in [4.69, 9.17) is 18.9 Å². The summed E-state index contributed by atoms with van der Waals surface area (Å²) in [6, 6.07) is 25.6. The lowest BCUT2D eigenvalue weighted by molar-refractivity contribution is -0.118. The highest BCUT2D eigenvalue weighted by atomic mass is 79.9. The van der Waals surface area contributed by atoms with Crippen molar-refractivity contribution in [3.8, 4) is 23.1 Å². The average molecular weight is 730 g/mol. The Hall–Kier alpha value is -4.74. The molecule has 0 aliphatic carbocycles. The molecule has 1 amide bonds. The number of furan rings is 1. The Kier molecular flexibility index (Phi) is 8.81. The van der Waals surface area contributed by atoms with Crippen molar-refractivity contribution in [2.24, 2.45) is 5.10 Å². The number of hydrogen-bond donors (Lipinski definition) is 1. The van der Waals surface area contributed by atoms with Gasteiger partial charge in [-0.2, -0.15) is 9.78 Å². The number of aryl methyl sites for hydroxylation is 1. The number of benzene rings is 4. The lowest BCUT2D eigenvalue weighted by Crippen LogP contribution is -2.20. The maximum Gasteiger partial charge on any atom is 0.282 e. The maximum atomic E-state index is 13.7. The van der Waals surface area contributed by atoms with Gasteiger partial charge in [-0.25, -0.2) is 4.98 Å². The van der Waals surface area contributed by atoms with E-state index >= 15 is 0 Å². The number of nitrogens with zero attached hydrogens (tertiary/aromatic N) is 3. The minimum absolute atomic E-state index is 0.227. The van der Waals surface area contributed by atoms with Gasteiger partial charge in [0.2, 0.25) is 5.82 Å². The molecule has 0 aliphatic heterocycles. The van der Waals surface area contributed by atoms with Crippen molar-refractivity contribution in [3.63, 3.8) is 0 Å². The Labute approximate surface area is 274 Å². The maximum absolute atomic E-state index is 13.7. The third kappa shape index (κ3) is 6.69. The molecule has 1 N–H and O–H groups in total. The third-order valence-electron chi connectivity index (χ3n) is 6.79. The predicted molar refractivity (Wildman–Crippen MR) is 183 cm³/mol. The first-order chi connectivity index (χ1) is 21.8. The molecule has 0 radical (unpaired) electrons. The van der Waals surface area contributed by atoms with Crippen molar-refractivity contribution < 1.29 is 18.7 Å². The summed E-state index contributed by atoms with van der Waals surface area (Å²) in [4.78, 5) is 31.0. The number of aromatic nitrogens is 2. The van der Waals surface area contributed by atoms with Crippen LogP contribution in [0.2, 0.25) is 0 Å². The Morgan fingerprint density at radius 1 is 1.02 bits per heavy atom. The van der Waals surface area contributed by atoms with Crippen molar-refractivity contribution >= 4 is 71.5 Å². The second-order valence-electron chi connectivity index (χ2n) is 10.1. The monoisotopic (exact) mass is 728 g/mol. The minimum atomic E-state index is -0.350. The van der Waals surface area contributed by atoms with Crippen LogP contribution in [0.15, 0.2) is 108 Å². The quantitative estimate of drug-likeness (QED) is 0.152. The second kappa shape index (κ2) is 13.1. The molecule has 45 heavy (non-hydrogen) atoms. The molecule has 9 nitrogen and oxygen atoms in total. The Morgan fingerprint density at radius 3 is 2.62 bits per heavy atom. The number of nitrogens with one attached hydrogen (secondary N) is 1. The summed E-state index contributed by atoms with van der Waals surface area (Å²) >= 11 is 7.03. The predicted octanol–water partition coefficient (Wildman–Crippen LogP) is 7.94. The van der Waals surface area contributed by atoms with E-state index in [9.17, 15) is 9.59 Å². The van der Waals surface area contributed by atoms with Crippen LogP contribution in [-0.4, -0.2) is 35.0 Å². The minimum Gasteiger partial charge on any atom is -0.490 e. The van der Waals surface area contributed by atoms with Gasteiger partial charge in [0.1, 0.15) is 5.58 Å². The van der Waals surface area contributed by atoms with Crippen LogP contribution in [0.25, 0.3) is 33.5 Å². The fourth-order valence-electron chi connectivity index (χ4n) is 4.68. The van der Waals surface area contributed by atoms with E-state index in [-0.39, 0.29) is 23.9 Å². The molecule has 11 heteroatoms. The number of hydrogen-bond acceptors (Lipinski definition) is 7. The molecule has 0 spiro atoms. The zero-order valence-corrected chi connectivity index (χ0v) is 27.4. The van der Waals surface area contributed by atoms with Gasteiger partial charge in [0.25, 0.3) is 11.5 Å². The number of carbonyl (C=O) groups is 1. The molecule has 0 fully saturated rings. The van der Waals surface area contributed by atoms with Crippen LogP contribution in [0.4, 0.5) is 5.69 Å². The highest BCUT2D eigenvalue weighted by Crippen LogP contribution is 2.37. The van der Waals surface area contributed by atoms with Crippen molar-refractivity contribution in [3.05, 3.63) is 115 Å². The standard InChI is InChI=1S/C34H26Br2N4O5/c1-3-43-29-15-21(14-26(36)32(29)44-19-31(41)38-24-11-8-20(2)9-12-24)18-37-40-33(39-27-7-5-4-6-25(27)34(40)42)30-17-22-16-23(35)10-13-28(22)45-30/h4-18H,3,19H2,1-2H3,(H,38,41). The summed E-state index contributed by atoms with van der Waals surface area (Å²) in [7, 11) is 0. The number of fused-ring (bicyclic) bond motifs is 2. The summed E-state index contributed by atoms with van der Waals surface area (Å²) in [5.41, 5.74) is 3.22. The van der Waals surface area contributed by atoms with E-state index in [1.165, 1.54) is 10.9 Å².